The average molecular weight is 402 g/mol. The van der Waals surface area contributed by atoms with E-state index in [1.165, 1.54) is 11.8 Å². The van der Waals surface area contributed by atoms with Crippen LogP contribution in [-0.4, -0.2) is 35.0 Å². The van der Waals surface area contributed by atoms with Gasteiger partial charge in [0.1, 0.15) is 5.75 Å². The lowest BCUT2D eigenvalue weighted by Gasteiger charge is -2.17. The van der Waals surface area contributed by atoms with Gasteiger partial charge in [0, 0.05) is 6.54 Å². The third-order valence-electron chi connectivity index (χ3n) is 4.29. The van der Waals surface area contributed by atoms with Gasteiger partial charge >= 0.3 is 0 Å². The summed E-state index contributed by atoms with van der Waals surface area (Å²) in [5, 5.41) is 8.80. The number of benzene rings is 2. The fourth-order valence-corrected chi connectivity index (χ4v) is 4.13. The highest BCUT2D eigenvalue weighted by Gasteiger charge is 2.35. The fourth-order valence-electron chi connectivity index (χ4n) is 2.98. The van der Waals surface area contributed by atoms with Crippen LogP contribution in [0.4, 0.5) is 5.69 Å². The second kappa shape index (κ2) is 7.62. The van der Waals surface area contributed by atoms with E-state index in [1.807, 2.05) is 42.5 Å². The Morgan fingerprint density at radius 1 is 1.19 bits per heavy atom. The van der Waals surface area contributed by atoms with Crippen LogP contribution in [0, 0.1) is 0 Å². The van der Waals surface area contributed by atoms with E-state index in [0.29, 0.717) is 34.9 Å². The van der Waals surface area contributed by atoms with Crippen LogP contribution in [0.5, 0.6) is 5.75 Å². The lowest BCUT2D eigenvalue weighted by molar-refractivity contribution is -0.116. The molecule has 2 aromatic carbocycles. The standard InChI is InChI=1S/C19H16ClN3O3S/c1-25-15-9-5-2-6-12(15)17-21-22-19(26-17)27-16-10-11-23(18(16)24)14-8-4-3-7-13(14)20/h2-9,16H,10-11H2,1H3. The van der Waals surface area contributed by atoms with Crippen LogP contribution in [0.3, 0.4) is 0 Å². The summed E-state index contributed by atoms with van der Waals surface area (Å²) in [5.74, 6) is 1.01. The number of ether oxygens (including phenoxy) is 1. The Morgan fingerprint density at radius 2 is 1.96 bits per heavy atom. The van der Waals surface area contributed by atoms with Crippen LogP contribution in [0.15, 0.2) is 58.2 Å². The van der Waals surface area contributed by atoms with Crippen molar-refractivity contribution in [2.45, 2.75) is 16.9 Å². The summed E-state index contributed by atoms with van der Waals surface area (Å²) in [4.78, 5) is 14.5. The number of carbonyl (C=O) groups excluding carboxylic acids is 1. The summed E-state index contributed by atoms with van der Waals surface area (Å²) < 4.78 is 11.1. The van der Waals surface area contributed by atoms with Crippen molar-refractivity contribution in [3.63, 3.8) is 0 Å². The van der Waals surface area contributed by atoms with E-state index in [1.54, 1.807) is 18.1 Å². The molecule has 1 atom stereocenters. The smallest absolute Gasteiger partial charge is 0.277 e. The molecule has 0 aliphatic carbocycles. The zero-order chi connectivity index (χ0) is 18.8. The molecule has 138 valence electrons. The minimum atomic E-state index is -0.285. The molecule has 0 spiro atoms. The van der Waals surface area contributed by atoms with Gasteiger partial charge in [0.25, 0.3) is 11.1 Å². The van der Waals surface area contributed by atoms with E-state index >= 15 is 0 Å². The minimum absolute atomic E-state index is 0.00913. The lowest BCUT2D eigenvalue weighted by Crippen LogP contribution is -2.28. The topological polar surface area (TPSA) is 68.5 Å². The number of halogens is 1. The normalized spacial score (nSPS) is 16.7. The highest BCUT2D eigenvalue weighted by atomic mass is 35.5. The van der Waals surface area contributed by atoms with Crippen LogP contribution in [0.1, 0.15) is 6.42 Å². The maximum atomic E-state index is 12.8. The molecule has 1 amide bonds. The van der Waals surface area contributed by atoms with Crippen molar-refractivity contribution in [3.05, 3.63) is 53.6 Å². The van der Waals surface area contributed by atoms with Gasteiger partial charge in [-0.1, -0.05) is 47.6 Å². The van der Waals surface area contributed by atoms with Crippen LogP contribution < -0.4 is 9.64 Å². The van der Waals surface area contributed by atoms with Crippen molar-refractivity contribution < 1.29 is 13.9 Å². The zero-order valence-electron chi connectivity index (χ0n) is 14.5. The molecule has 1 saturated heterocycles. The van der Waals surface area contributed by atoms with E-state index < -0.39 is 0 Å². The number of hydrogen-bond acceptors (Lipinski definition) is 6. The Bertz CT molecular complexity index is 978. The Morgan fingerprint density at radius 3 is 2.78 bits per heavy atom. The quantitative estimate of drug-likeness (QED) is 0.635. The summed E-state index contributed by atoms with van der Waals surface area (Å²) in [6, 6.07) is 14.8. The summed E-state index contributed by atoms with van der Waals surface area (Å²) in [7, 11) is 1.59. The number of thioether (sulfide) groups is 1. The average Bonchev–Trinajstić information content (AvgIpc) is 3.30. The van der Waals surface area contributed by atoms with Crippen molar-refractivity contribution in [1.29, 1.82) is 0 Å². The number of para-hydroxylation sites is 2. The molecule has 1 aliphatic heterocycles. The van der Waals surface area contributed by atoms with Crippen LogP contribution in [-0.2, 0) is 4.79 Å². The van der Waals surface area contributed by atoms with Gasteiger partial charge in [-0.25, -0.2) is 0 Å². The van der Waals surface area contributed by atoms with Crippen LogP contribution >= 0.6 is 23.4 Å². The maximum absolute atomic E-state index is 12.8. The lowest BCUT2D eigenvalue weighted by atomic mass is 10.2. The highest BCUT2D eigenvalue weighted by molar-refractivity contribution is 8.00. The van der Waals surface area contributed by atoms with Gasteiger partial charge in [-0.15, -0.1) is 10.2 Å². The van der Waals surface area contributed by atoms with Gasteiger partial charge in [0.2, 0.25) is 5.91 Å². The summed E-state index contributed by atoms with van der Waals surface area (Å²) in [6.07, 6.45) is 0.682. The molecule has 8 heteroatoms. The van der Waals surface area contributed by atoms with E-state index in [0.717, 1.165) is 11.3 Å². The number of nitrogens with zero attached hydrogens (tertiary/aromatic N) is 3. The molecule has 27 heavy (non-hydrogen) atoms. The summed E-state index contributed by atoms with van der Waals surface area (Å²) >= 11 is 7.50. The van der Waals surface area contributed by atoms with Gasteiger partial charge in [-0.2, -0.15) is 0 Å². The second-order valence-electron chi connectivity index (χ2n) is 5.91. The van der Waals surface area contributed by atoms with Gasteiger partial charge in [-0.3, -0.25) is 4.79 Å². The first-order chi connectivity index (χ1) is 13.2. The predicted octanol–water partition coefficient (Wildman–Crippen LogP) is 4.30. The third-order valence-corrected chi connectivity index (χ3v) is 5.69. The van der Waals surface area contributed by atoms with E-state index in [4.69, 9.17) is 20.8 Å². The highest BCUT2D eigenvalue weighted by Crippen LogP contribution is 2.37. The first-order valence-electron chi connectivity index (χ1n) is 8.37. The number of amides is 1. The van der Waals surface area contributed by atoms with Crippen molar-refractivity contribution >= 4 is 35.0 Å². The molecular weight excluding hydrogens is 386 g/mol. The van der Waals surface area contributed by atoms with Gasteiger partial charge in [0.15, 0.2) is 0 Å². The first-order valence-corrected chi connectivity index (χ1v) is 9.62. The van der Waals surface area contributed by atoms with Crippen molar-refractivity contribution in [2.24, 2.45) is 0 Å². The first kappa shape index (κ1) is 17.9. The summed E-state index contributed by atoms with van der Waals surface area (Å²) in [6.45, 7) is 0.605. The SMILES string of the molecule is COc1ccccc1-c1nnc(SC2CCN(c3ccccc3Cl)C2=O)o1. The molecule has 0 bridgehead atoms. The number of carbonyl (C=O) groups is 1. The number of rotatable bonds is 5. The molecule has 1 aromatic heterocycles. The molecule has 0 radical (unpaired) electrons. The molecule has 1 unspecified atom stereocenters. The van der Waals surface area contributed by atoms with E-state index in [2.05, 4.69) is 10.2 Å². The minimum Gasteiger partial charge on any atom is -0.496 e. The molecule has 0 N–H and O–H groups in total. The second-order valence-corrected chi connectivity index (χ2v) is 7.47. The fraction of sp³-hybridized carbons (Fsp3) is 0.211. The predicted molar refractivity (Wildman–Crippen MR) is 104 cm³/mol. The van der Waals surface area contributed by atoms with Gasteiger partial charge < -0.3 is 14.1 Å². The molecule has 6 nitrogen and oxygen atoms in total. The Kier molecular flexibility index (Phi) is 5.05. The Hall–Kier alpha value is -2.51. The third kappa shape index (κ3) is 3.52. The monoisotopic (exact) mass is 401 g/mol. The van der Waals surface area contributed by atoms with Crippen molar-refractivity contribution in [2.75, 3.05) is 18.6 Å². The van der Waals surface area contributed by atoms with E-state index in [-0.39, 0.29) is 11.2 Å². The van der Waals surface area contributed by atoms with Crippen molar-refractivity contribution in [1.82, 2.24) is 10.2 Å². The Balaban J connectivity index is 1.50. The van der Waals surface area contributed by atoms with Crippen LogP contribution in [0.2, 0.25) is 5.02 Å². The molecule has 1 fully saturated rings. The maximum Gasteiger partial charge on any atom is 0.277 e. The molecule has 1 aliphatic rings. The number of aromatic nitrogens is 2. The number of methoxy groups -OCH3 is 1. The molecule has 3 aromatic rings. The molecule has 0 saturated carbocycles. The van der Waals surface area contributed by atoms with Gasteiger partial charge in [-0.05, 0) is 30.7 Å². The zero-order valence-corrected chi connectivity index (χ0v) is 16.0. The Labute approximate surface area is 165 Å². The van der Waals surface area contributed by atoms with Crippen molar-refractivity contribution in [3.8, 4) is 17.2 Å². The number of hydrogen-bond donors (Lipinski definition) is 0. The van der Waals surface area contributed by atoms with Crippen LogP contribution in [0.25, 0.3) is 11.5 Å². The molecule has 2 heterocycles. The molecular formula is C19H16ClN3O3S. The largest absolute Gasteiger partial charge is 0.496 e. The van der Waals surface area contributed by atoms with E-state index in [9.17, 15) is 4.79 Å². The van der Waals surface area contributed by atoms with Gasteiger partial charge in [0.05, 0.1) is 28.6 Å². The molecule has 4 rings (SSSR count). The number of anilines is 1. The summed E-state index contributed by atoms with van der Waals surface area (Å²) in [5.41, 5.74) is 1.45.